The van der Waals surface area contributed by atoms with E-state index in [4.69, 9.17) is 14.2 Å². The van der Waals surface area contributed by atoms with E-state index in [0.717, 1.165) is 11.1 Å². The van der Waals surface area contributed by atoms with Crippen molar-refractivity contribution in [3.8, 4) is 0 Å². The molecular weight excluding hydrogens is 639 g/mol. The zero-order valence-corrected chi connectivity index (χ0v) is 28.2. The van der Waals surface area contributed by atoms with Crippen LogP contribution in [-0.4, -0.2) is 119 Å². The normalized spacial score (nSPS) is 17.2. The van der Waals surface area contributed by atoms with Gasteiger partial charge in [0.2, 0.25) is 20.0 Å². The van der Waals surface area contributed by atoms with Crippen molar-refractivity contribution in [3.63, 3.8) is 0 Å². The average molecular weight is 686 g/mol. The summed E-state index contributed by atoms with van der Waals surface area (Å²) in [5.74, 6) is 0. The number of rotatable bonds is 10. The van der Waals surface area contributed by atoms with Crippen LogP contribution in [0.4, 0.5) is 0 Å². The number of hydrogen-bond donors (Lipinski definition) is 2. The van der Waals surface area contributed by atoms with Crippen molar-refractivity contribution in [2.75, 3.05) is 92.0 Å². The van der Waals surface area contributed by atoms with E-state index in [1.165, 1.54) is 0 Å². The summed E-state index contributed by atoms with van der Waals surface area (Å²) in [6.07, 6.45) is 0. The van der Waals surface area contributed by atoms with Gasteiger partial charge in [0.05, 0.1) is 49.4 Å². The van der Waals surface area contributed by atoms with Gasteiger partial charge < -0.3 is 14.2 Å². The van der Waals surface area contributed by atoms with Gasteiger partial charge in [-0.25, -0.2) is 26.3 Å². The molecule has 1 saturated heterocycles. The maximum Gasteiger partial charge on any atom is 0.240 e. The molecule has 0 amide bonds. The number of halogens is 2. The van der Waals surface area contributed by atoms with Crippen LogP contribution >= 0.6 is 24.8 Å². The van der Waals surface area contributed by atoms with Crippen molar-refractivity contribution in [1.82, 2.24) is 19.2 Å². The smallest absolute Gasteiger partial charge is 0.240 e. The molecule has 1 aliphatic rings. The third kappa shape index (κ3) is 15.0. The largest absolute Gasteiger partial charge is 0.379 e. The van der Waals surface area contributed by atoms with Crippen molar-refractivity contribution < 1.29 is 31.0 Å². The van der Waals surface area contributed by atoms with Gasteiger partial charge in [-0.1, -0.05) is 35.4 Å². The molecule has 15 heteroatoms. The summed E-state index contributed by atoms with van der Waals surface area (Å²) in [7, 11) is -7.15. The summed E-state index contributed by atoms with van der Waals surface area (Å²) in [5.41, 5.74) is 2.00. The lowest BCUT2D eigenvalue weighted by Gasteiger charge is -2.23. The highest BCUT2D eigenvalue weighted by molar-refractivity contribution is 7.89. The predicted octanol–water partition coefficient (Wildman–Crippen LogP) is 2.07. The van der Waals surface area contributed by atoms with Crippen molar-refractivity contribution in [2.24, 2.45) is 0 Å². The van der Waals surface area contributed by atoms with Crippen molar-refractivity contribution in [2.45, 2.75) is 23.6 Å². The molecule has 1 heterocycles. The molecule has 2 aromatic carbocycles. The van der Waals surface area contributed by atoms with Crippen LogP contribution in [-0.2, 0) is 34.3 Å². The Morgan fingerprint density at radius 3 is 1.19 bits per heavy atom. The first-order chi connectivity index (χ1) is 19.7. The molecular formula is C28H46Cl2N4O7S2. The van der Waals surface area contributed by atoms with E-state index in [-0.39, 0.29) is 47.7 Å². The Labute approximate surface area is 269 Å². The first-order valence-electron chi connectivity index (χ1n) is 14.0. The summed E-state index contributed by atoms with van der Waals surface area (Å²) in [6, 6.07) is 13.5. The fourth-order valence-corrected chi connectivity index (χ4v) is 6.19. The molecule has 2 aromatic rings. The van der Waals surface area contributed by atoms with Crippen LogP contribution in [0.15, 0.2) is 58.3 Å². The van der Waals surface area contributed by atoms with Crippen LogP contribution < -0.4 is 9.44 Å². The van der Waals surface area contributed by atoms with Gasteiger partial charge in [-0.3, -0.25) is 9.80 Å². The average Bonchev–Trinajstić information content (AvgIpc) is 2.94. The van der Waals surface area contributed by atoms with Crippen LogP contribution in [0.3, 0.4) is 0 Å². The maximum absolute atomic E-state index is 12.6. The third-order valence-electron chi connectivity index (χ3n) is 6.68. The molecule has 0 aromatic heterocycles. The van der Waals surface area contributed by atoms with E-state index >= 15 is 0 Å². The number of hydrogen-bond acceptors (Lipinski definition) is 9. The number of sulfonamides is 2. The van der Waals surface area contributed by atoms with Crippen LogP contribution in [0.2, 0.25) is 0 Å². The molecule has 43 heavy (non-hydrogen) atoms. The standard InChI is InChI=1S/C28H44N4O7S2.2ClH/c1-25-3-7-27(8-4-25)40(33,34)29-11-13-31-15-19-37-20-16-32(18-22-39-24-23-38-21-17-31)14-12-30-41(35,36)28-9-5-26(2)6-10-28;;/h3-10,29-30H,11-24H2,1-2H3;2*1H. The number of nitrogens with zero attached hydrogens (tertiary/aromatic N) is 2. The molecule has 0 bridgehead atoms. The van der Waals surface area contributed by atoms with Crippen LogP contribution in [0.25, 0.3) is 0 Å². The molecule has 1 aliphatic heterocycles. The minimum atomic E-state index is -3.58. The molecule has 0 saturated carbocycles. The Morgan fingerprint density at radius 2 is 0.860 bits per heavy atom. The second-order valence-corrected chi connectivity index (χ2v) is 13.5. The van der Waals surface area contributed by atoms with E-state index in [1.54, 1.807) is 48.5 Å². The topological polar surface area (TPSA) is 127 Å². The number of ether oxygens (including phenoxy) is 3. The lowest BCUT2D eigenvalue weighted by Crippen LogP contribution is -2.39. The molecule has 246 valence electrons. The highest BCUT2D eigenvalue weighted by Crippen LogP contribution is 2.10. The molecule has 0 radical (unpaired) electrons. The summed E-state index contributed by atoms with van der Waals surface area (Å²) in [4.78, 5) is 4.71. The number of nitrogens with one attached hydrogen (secondary N) is 2. The van der Waals surface area contributed by atoms with Gasteiger partial charge in [0.25, 0.3) is 0 Å². The molecule has 0 atom stereocenters. The first-order valence-corrected chi connectivity index (χ1v) is 16.9. The van der Waals surface area contributed by atoms with Gasteiger partial charge in [0.1, 0.15) is 0 Å². The quantitative estimate of drug-likeness (QED) is 0.387. The Kier molecular flexibility index (Phi) is 19.0. The van der Waals surface area contributed by atoms with Gasteiger partial charge in [0.15, 0.2) is 0 Å². The van der Waals surface area contributed by atoms with Crippen LogP contribution in [0.1, 0.15) is 11.1 Å². The van der Waals surface area contributed by atoms with Crippen LogP contribution in [0, 0.1) is 13.8 Å². The summed E-state index contributed by atoms with van der Waals surface area (Å²) < 4.78 is 73.1. The number of aryl methyl sites for hydroxylation is 2. The minimum Gasteiger partial charge on any atom is -0.379 e. The van der Waals surface area contributed by atoms with E-state index < -0.39 is 20.0 Å². The predicted molar refractivity (Wildman–Crippen MR) is 173 cm³/mol. The lowest BCUT2D eigenvalue weighted by atomic mass is 10.2. The van der Waals surface area contributed by atoms with Crippen molar-refractivity contribution in [1.29, 1.82) is 0 Å². The molecule has 1 fully saturated rings. The SMILES string of the molecule is Cc1ccc(S(=O)(=O)NCCN2CCOCCOCCN(CCNS(=O)(=O)c3ccc(C)cc3)CCOCC2)cc1.Cl.Cl. The Bertz CT molecular complexity index is 1160. The van der Waals surface area contributed by atoms with Gasteiger partial charge >= 0.3 is 0 Å². The molecule has 0 unspecified atom stereocenters. The van der Waals surface area contributed by atoms with Crippen molar-refractivity contribution in [3.05, 3.63) is 59.7 Å². The fraction of sp³-hybridized carbons (Fsp3) is 0.571. The highest BCUT2D eigenvalue weighted by Gasteiger charge is 2.16. The summed E-state index contributed by atoms with van der Waals surface area (Å²) in [5, 5.41) is 0. The lowest BCUT2D eigenvalue weighted by molar-refractivity contribution is 0.0326. The van der Waals surface area contributed by atoms with Gasteiger partial charge in [-0.15, -0.1) is 24.8 Å². The molecule has 3 rings (SSSR count). The molecule has 11 nitrogen and oxygen atoms in total. The zero-order chi connectivity index (χ0) is 29.6. The number of benzene rings is 2. The van der Waals surface area contributed by atoms with Gasteiger partial charge in [-0.05, 0) is 38.1 Å². The summed E-state index contributed by atoms with van der Waals surface area (Å²) >= 11 is 0. The van der Waals surface area contributed by atoms with Crippen molar-refractivity contribution >= 4 is 44.9 Å². The van der Waals surface area contributed by atoms with Gasteiger partial charge in [0, 0.05) is 52.4 Å². The molecule has 0 spiro atoms. The van der Waals surface area contributed by atoms with E-state index in [1.807, 2.05) is 13.8 Å². The Balaban J connectivity index is 0.00000462. The molecule has 0 aliphatic carbocycles. The van der Waals surface area contributed by atoms with E-state index in [2.05, 4.69) is 19.2 Å². The molecule has 2 N–H and O–H groups in total. The maximum atomic E-state index is 12.6. The second kappa shape index (κ2) is 20.6. The minimum absolute atomic E-state index is 0. The highest BCUT2D eigenvalue weighted by atomic mass is 35.5. The first kappa shape index (κ1) is 39.7. The Hall–Kier alpha value is -1.36. The van der Waals surface area contributed by atoms with E-state index in [9.17, 15) is 16.8 Å². The van der Waals surface area contributed by atoms with E-state index in [0.29, 0.717) is 78.9 Å². The Morgan fingerprint density at radius 1 is 0.558 bits per heavy atom. The third-order valence-corrected chi connectivity index (χ3v) is 9.64. The summed E-state index contributed by atoms with van der Waals surface area (Å²) in [6.45, 7) is 10.8. The monoisotopic (exact) mass is 684 g/mol. The second-order valence-electron chi connectivity index (χ2n) is 9.94. The fourth-order valence-electron chi connectivity index (χ4n) is 4.15. The van der Waals surface area contributed by atoms with Gasteiger partial charge in [-0.2, -0.15) is 0 Å². The van der Waals surface area contributed by atoms with Crippen LogP contribution in [0.5, 0.6) is 0 Å². The zero-order valence-electron chi connectivity index (χ0n) is 24.9.